The molecule has 4 aromatic carbocycles. The number of rotatable bonds is 8. The summed E-state index contributed by atoms with van der Waals surface area (Å²) in [6.45, 7) is 4.32. The van der Waals surface area contributed by atoms with Crippen LogP contribution in [0.3, 0.4) is 0 Å². The largest absolute Gasteiger partial charge is 0.377 e. The molecule has 0 spiro atoms. The maximum atomic E-state index is 13.9. The second kappa shape index (κ2) is 10.4. The van der Waals surface area contributed by atoms with Gasteiger partial charge in [-0.1, -0.05) is 98.8 Å². The average Bonchev–Trinajstić information content (AvgIpc) is 2.86. The predicted molar refractivity (Wildman–Crippen MR) is 139 cm³/mol. The van der Waals surface area contributed by atoms with Gasteiger partial charge in [0.25, 0.3) is 0 Å². The van der Waals surface area contributed by atoms with Crippen LogP contribution in [0.2, 0.25) is 0 Å². The fraction of sp³-hybridized carbons (Fsp3) is 0.172. The number of fused-ring (bicyclic) bond motifs is 1. The van der Waals surface area contributed by atoms with Crippen molar-refractivity contribution in [1.82, 2.24) is 0 Å². The lowest BCUT2D eigenvalue weighted by Gasteiger charge is -2.27. The first-order valence-corrected chi connectivity index (χ1v) is 11.9. The standard InChI is InChI=1S/C29H26N2OS/c1-20(2)21-15-17-23(18-16-21)27(31-24-11-4-3-5-12-24)29(33-19-30)28(32)26-14-8-10-22-9-6-7-13-25(22)26/h3-18,20,27,29,31H,1-2H3/t27-,29+/m1/s1. The molecule has 0 heterocycles. The Hall–Kier alpha value is -3.55. The molecule has 0 unspecified atom stereocenters. The van der Waals surface area contributed by atoms with E-state index in [-0.39, 0.29) is 11.8 Å². The second-order valence-corrected chi connectivity index (χ2v) is 9.26. The fourth-order valence-corrected chi connectivity index (χ4v) is 4.77. The number of thiocyanates is 1. The Morgan fingerprint density at radius 3 is 2.15 bits per heavy atom. The molecule has 4 aromatic rings. The normalized spacial score (nSPS) is 12.8. The third-order valence-electron chi connectivity index (χ3n) is 5.85. The van der Waals surface area contributed by atoms with Crippen LogP contribution in [0.4, 0.5) is 5.69 Å². The van der Waals surface area contributed by atoms with E-state index in [1.165, 1.54) is 5.56 Å². The molecule has 4 rings (SSSR count). The van der Waals surface area contributed by atoms with Crippen LogP contribution in [-0.4, -0.2) is 11.0 Å². The number of nitriles is 1. The van der Waals surface area contributed by atoms with Gasteiger partial charge >= 0.3 is 0 Å². The summed E-state index contributed by atoms with van der Waals surface area (Å²) >= 11 is 1.01. The second-order valence-electron chi connectivity index (χ2n) is 8.33. The van der Waals surface area contributed by atoms with Crippen molar-refractivity contribution in [1.29, 1.82) is 5.26 Å². The van der Waals surface area contributed by atoms with E-state index in [9.17, 15) is 10.1 Å². The number of carbonyl (C=O) groups excluding carboxylic acids is 1. The molecular weight excluding hydrogens is 424 g/mol. The molecule has 0 radical (unpaired) electrons. The van der Waals surface area contributed by atoms with Crippen LogP contribution in [0.5, 0.6) is 0 Å². The summed E-state index contributed by atoms with van der Waals surface area (Å²) in [6.07, 6.45) is 0. The molecule has 4 heteroatoms. The number of benzene rings is 4. The molecule has 3 nitrogen and oxygen atoms in total. The molecule has 2 atom stereocenters. The lowest BCUT2D eigenvalue weighted by Crippen LogP contribution is -2.30. The Labute approximate surface area is 199 Å². The van der Waals surface area contributed by atoms with Gasteiger partial charge in [-0.3, -0.25) is 4.79 Å². The number of Topliss-reactive ketones (excluding diaryl/α,β-unsaturated/α-hetero) is 1. The van der Waals surface area contributed by atoms with Gasteiger partial charge in [0, 0.05) is 11.3 Å². The summed E-state index contributed by atoms with van der Waals surface area (Å²) in [6, 6.07) is 31.4. The van der Waals surface area contributed by atoms with Gasteiger partial charge in [-0.15, -0.1) is 0 Å². The molecule has 164 valence electrons. The number of para-hydroxylation sites is 1. The van der Waals surface area contributed by atoms with Gasteiger partial charge in [-0.25, -0.2) is 0 Å². The molecule has 0 amide bonds. The summed E-state index contributed by atoms with van der Waals surface area (Å²) in [7, 11) is 0. The van der Waals surface area contributed by atoms with Crippen molar-refractivity contribution in [3.8, 4) is 5.40 Å². The van der Waals surface area contributed by atoms with Crippen molar-refractivity contribution >= 4 is 34.0 Å². The Morgan fingerprint density at radius 1 is 0.818 bits per heavy atom. The number of hydrogen-bond donors (Lipinski definition) is 1. The molecule has 0 aliphatic heterocycles. The molecule has 33 heavy (non-hydrogen) atoms. The maximum absolute atomic E-state index is 13.9. The first kappa shape index (κ1) is 22.6. The third-order valence-corrected chi connectivity index (χ3v) is 6.70. The van der Waals surface area contributed by atoms with Gasteiger partial charge < -0.3 is 5.32 Å². The van der Waals surface area contributed by atoms with Crippen molar-refractivity contribution in [3.05, 3.63) is 114 Å². The van der Waals surface area contributed by atoms with Gasteiger partial charge in [-0.05, 0) is 51.7 Å². The molecule has 0 aliphatic carbocycles. The zero-order valence-electron chi connectivity index (χ0n) is 18.7. The van der Waals surface area contributed by atoms with E-state index in [4.69, 9.17) is 0 Å². The monoisotopic (exact) mass is 450 g/mol. The first-order valence-electron chi connectivity index (χ1n) is 11.1. The Bertz CT molecular complexity index is 1270. The molecule has 0 aromatic heterocycles. The maximum Gasteiger partial charge on any atom is 0.179 e. The minimum atomic E-state index is -0.620. The Morgan fingerprint density at radius 2 is 1.45 bits per heavy atom. The van der Waals surface area contributed by atoms with Crippen molar-refractivity contribution in [2.75, 3.05) is 5.32 Å². The summed E-state index contributed by atoms with van der Waals surface area (Å²) < 4.78 is 0. The Balaban J connectivity index is 1.79. The van der Waals surface area contributed by atoms with Gasteiger partial charge in [0.05, 0.1) is 6.04 Å². The summed E-state index contributed by atoms with van der Waals surface area (Å²) in [5.74, 6) is 0.362. The number of hydrogen-bond acceptors (Lipinski definition) is 4. The lowest BCUT2D eigenvalue weighted by molar-refractivity contribution is 0.0985. The van der Waals surface area contributed by atoms with E-state index in [0.717, 1.165) is 33.8 Å². The molecule has 0 saturated heterocycles. The van der Waals surface area contributed by atoms with Crippen molar-refractivity contribution < 1.29 is 4.79 Å². The van der Waals surface area contributed by atoms with E-state index in [0.29, 0.717) is 11.5 Å². The molecule has 0 aliphatic rings. The zero-order valence-corrected chi connectivity index (χ0v) is 19.5. The first-order chi connectivity index (χ1) is 16.1. The minimum absolute atomic E-state index is 0.0558. The van der Waals surface area contributed by atoms with Crippen LogP contribution in [-0.2, 0) is 0 Å². The van der Waals surface area contributed by atoms with E-state index < -0.39 is 5.25 Å². The van der Waals surface area contributed by atoms with Crippen LogP contribution in [0.1, 0.15) is 47.3 Å². The van der Waals surface area contributed by atoms with E-state index in [1.54, 1.807) is 0 Å². The van der Waals surface area contributed by atoms with Crippen molar-refractivity contribution in [2.24, 2.45) is 0 Å². The van der Waals surface area contributed by atoms with Crippen LogP contribution in [0.25, 0.3) is 10.8 Å². The van der Waals surface area contributed by atoms with Gasteiger partial charge in [0.15, 0.2) is 5.78 Å². The highest BCUT2D eigenvalue weighted by molar-refractivity contribution is 8.05. The van der Waals surface area contributed by atoms with Crippen LogP contribution in [0, 0.1) is 10.7 Å². The van der Waals surface area contributed by atoms with Crippen molar-refractivity contribution in [2.45, 2.75) is 31.1 Å². The van der Waals surface area contributed by atoms with Gasteiger partial charge in [0.2, 0.25) is 0 Å². The quantitative estimate of drug-likeness (QED) is 0.222. The SMILES string of the molecule is CC(C)c1ccc([C@@H](Nc2ccccc2)[C@H](SC#N)C(=O)c2cccc3ccccc23)cc1. The number of anilines is 1. The summed E-state index contributed by atoms with van der Waals surface area (Å²) in [5, 5.41) is 16.7. The molecule has 1 N–H and O–H groups in total. The number of nitrogens with zero attached hydrogens (tertiary/aromatic N) is 1. The third kappa shape index (κ3) is 5.10. The van der Waals surface area contributed by atoms with E-state index in [1.807, 2.05) is 72.8 Å². The average molecular weight is 451 g/mol. The number of thioether (sulfide) groups is 1. The number of ketones is 1. The Kier molecular flexibility index (Phi) is 7.12. The minimum Gasteiger partial charge on any atom is -0.377 e. The van der Waals surface area contributed by atoms with Crippen LogP contribution >= 0.6 is 11.8 Å². The highest BCUT2D eigenvalue weighted by Crippen LogP contribution is 2.34. The number of nitrogens with one attached hydrogen (secondary N) is 1. The molecule has 0 saturated carbocycles. The topological polar surface area (TPSA) is 52.9 Å². The van der Waals surface area contributed by atoms with E-state index in [2.05, 4.69) is 48.8 Å². The summed E-state index contributed by atoms with van der Waals surface area (Å²) in [5.41, 5.74) is 3.76. The summed E-state index contributed by atoms with van der Waals surface area (Å²) in [4.78, 5) is 13.9. The van der Waals surface area contributed by atoms with Gasteiger partial charge in [-0.2, -0.15) is 5.26 Å². The number of carbonyl (C=O) groups is 1. The highest BCUT2D eigenvalue weighted by atomic mass is 32.2. The molecule has 0 bridgehead atoms. The predicted octanol–water partition coefficient (Wildman–Crippen LogP) is 7.58. The van der Waals surface area contributed by atoms with E-state index >= 15 is 0 Å². The van der Waals surface area contributed by atoms with Crippen molar-refractivity contribution in [3.63, 3.8) is 0 Å². The fourth-order valence-electron chi connectivity index (χ4n) is 4.06. The highest BCUT2D eigenvalue weighted by Gasteiger charge is 2.32. The van der Waals surface area contributed by atoms with Crippen LogP contribution < -0.4 is 5.32 Å². The van der Waals surface area contributed by atoms with Gasteiger partial charge in [0.1, 0.15) is 10.7 Å². The molecular formula is C29H26N2OS. The lowest BCUT2D eigenvalue weighted by atomic mass is 9.92. The molecule has 0 fully saturated rings. The van der Waals surface area contributed by atoms with Crippen LogP contribution in [0.15, 0.2) is 97.1 Å². The smallest absolute Gasteiger partial charge is 0.179 e. The zero-order chi connectivity index (χ0) is 23.2.